The largest absolute Gasteiger partial charge is 0.298 e. The molecular formula is C17H19IO. The van der Waals surface area contributed by atoms with Crippen molar-refractivity contribution >= 4 is 28.9 Å². The summed E-state index contributed by atoms with van der Waals surface area (Å²) in [4.78, 5) is 11.2. The van der Waals surface area contributed by atoms with Crippen LogP contribution < -0.4 is 0 Å². The average Bonchev–Trinajstić information content (AvgIpc) is 2.37. The van der Waals surface area contributed by atoms with Crippen LogP contribution in [-0.2, 0) is 5.41 Å². The van der Waals surface area contributed by atoms with Gasteiger partial charge in [-0.2, -0.15) is 0 Å². The van der Waals surface area contributed by atoms with E-state index in [-0.39, 0.29) is 0 Å². The number of aldehydes is 1. The fraction of sp³-hybridized carbons (Fsp3) is 0.588. The van der Waals surface area contributed by atoms with Crippen molar-refractivity contribution in [2.24, 2.45) is 17.8 Å². The minimum Gasteiger partial charge on any atom is -0.298 e. The van der Waals surface area contributed by atoms with Crippen molar-refractivity contribution in [3.63, 3.8) is 0 Å². The summed E-state index contributed by atoms with van der Waals surface area (Å²) in [7, 11) is 0. The third-order valence-corrected chi connectivity index (χ3v) is 6.97. The first-order valence-electron chi connectivity index (χ1n) is 7.44. The molecule has 0 amide bonds. The predicted molar refractivity (Wildman–Crippen MR) is 84.4 cm³/mol. The maximum absolute atomic E-state index is 11.2. The van der Waals surface area contributed by atoms with Crippen LogP contribution in [0, 0.1) is 21.3 Å². The molecule has 4 saturated carbocycles. The summed E-state index contributed by atoms with van der Waals surface area (Å²) < 4.78 is 1.22. The molecule has 0 N–H and O–H groups in total. The zero-order valence-corrected chi connectivity index (χ0v) is 13.2. The van der Waals surface area contributed by atoms with E-state index in [1.54, 1.807) is 0 Å². The predicted octanol–water partition coefficient (Wildman–Crippen LogP) is 4.57. The highest BCUT2D eigenvalue weighted by molar-refractivity contribution is 14.1. The van der Waals surface area contributed by atoms with Gasteiger partial charge in [0.2, 0.25) is 0 Å². The number of carbonyl (C=O) groups is 1. The summed E-state index contributed by atoms with van der Waals surface area (Å²) in [5.41, 5.74) is 2.77. The third kappa shape index (κ3) is 1.82. The Bertz CT molecular complexity index is 499. The first-order valence-corrected chi connectivity index (χ1v) is 8.52. The van der Waals surface area contributed by atoms with Crippen molar-refractivity contribution in [3.05, 3.63) is 32.9 Å². The second kappa shape index (κ2) is 4.31. The van der Waals surface area contributed by atoms with Crippen LogP contribution in [0.15, 0.2) is 18.2 Å². The highest BCUT2D eigenvalue weighted by Gasteiger charge is 2.52. The maximum Gasteiger partial charge on any atom is 0.151 e. The molecule has 0 unspecified atom stereocenters. The maximum atomic E-state index is 11.2. The van der Waals surface area contributed by atoms with Crippen LogP contribution in [0.2, 0.25) is 0 Å². The van der Waals surface area contributed by atoms with Gasteiger partial charge in [0.15, 0.2) is 6.29 Å². The molecule has 0 aromatic heterocycles. The number of rotatable bonds is 2. The molecule has 5 rings (SSSR count). The lowest BCUT2D eigenvalue weighted by molar-refractivity contribution is -0.00557. The Morgan fingerprint density at radius 1 is 1.05 bits per heavy atom. The van der Waals surface area contributed by atoms with Crippen LogP contribution in [0.5, 0.6) is 0 Å². The molecule has 1 aromatic carbocycles. The molecular weight excluding hydrogens is 347 g/mol. The first kappa shape index (κ1) is 12.4. The van der Waals surface area contributed by atoms with Crippen molar-refractivity contribution in [3.8, 4) is 0 Å². The van der Waals surface area contributed by atoms with Crippen molar-refractivity contribution in [1.29, 1.82) is 0 Å². The summed E-state index contributed by atoms with van der Waals surface area (Å²) in [5, 5.41) is 0. The van der Waals surface area contributed by atoms with Gasteiger partial charge in [0.25, 0.3) is 0 Å². The molecule has 0 saturated heterocycles. The summed E-state index contributed by atoms with van der Waals surface area (Å²) in [6.07, 6.45) is 9.56. The van der Waals surface area contributed by atoms with Crippen molar-refractivity contribution in [2.75, 3.05) is 0 Å². The number of benzene rings is 1. The van der Waals surface area contributed by atoms with Crippen LogP contribution in [0.1, 0.15) is 54.4 Å². The molecule has 1 nitrogen and oxygen atoms in total. The van der Waals surface area contributed by atoms with Gasteiger partial charge in [-0.15, -0.1) is 0 Å². The Hall–Kier alpha value is -0.380. The molecule has 4 aliphatic rings. The van der Waals surface area contributed by atoms with Gasteiger partial charge < -0.3 is 0 Å². The summed E-state index contributed by atoms with van der Waals surface area (Å²) in [6, 6.07) is 6.33. The van der Waals surface area contributed by atoms with Gasteiger partial charge in [-0.3, -0.25) is 4.79 Å². The molecule has 0 atom stereocenters. The molecule has 4 aliphatic carbocycles. The van der Waals surface area contributed by atoms with Gasteiger partial charge >= 0.3 is 0 Å². The zero-order valence-electron chi connectivity index (χ0n) is 11.1. The lowest BCUT2D eigenvalue weighted by Crippen LogP contribution is -2.48. The van der Waals surface area contributed by atoms with Crippen LogP contribution in [-0.4, -0.2) is 6.29 Å². The summed E-state index contributed by atoms with van der Waals surface area (Å²) >= 11 is 2.40. The van der Waals surface area contributed by atoms with Crippen molar-refractivity contribution < 1.29 is 4.79 Å². The normalized spacial score (nSPS) is 39.5. The van der Waals surface area contributed by atoms with Crippen molar-refractivity contribution in [1.82, 2.24) is 0 Å². The molecule has 19 heavy (non-hydrogen) atoms. The van der Waals surface area contributed by atoms with Gasteiger partial charge in [-0.1, -0.05) is 18.2 Å². The topological polar surface area (TPSA) is 17.1 Å². The number of hydrogen-bond donors (Lipinski definition) is 0. The summed E-state index contributed by atoms with van der Waals surface area (Å²) in [5.74, 6) is 2.88. The molecule has 2 heteroatoms. The SMILES string of the molecule is O=Cc1cccc(C23CC4CC(CC(C4)C2)C3)c1I. The molecule has 0 spiro atoms. The fourth-order valence-electron chi connectivity index (χ4n) is 5.49. The van der Waals surface area contributed by atoms with Crippen LogP contribution in [0.3, 0.4) is 0 Å². The molecule has 4 bridgehead atoms. The van der Waals surface area contributed by atoms with E-state index in [1.165, 1.54) is 47.7 Å². The summed E-state index contributed by atoms with van der Waals surface area (Å²) in [6.45, 7) is 0. The van der Waals surface area contributed by atoms with Gasteiger partial charge in [0.05, 0.1) is 0 Å². The van der Waals surface area contributed by atoms with Gasteiger partial charge in [0, 0.05) is 9.13 Å². The Morgan fingerprint density at radius 2 is 1.63 bits per heavy atom. The standard InChI is InChI=1S/C17H19IO/c18-16-14(10-19)2-1-3-15(16)17-7-11-4-12(8-17)6-13(5-11)9-17/h1-3,10-13H,4-9H2. The first-order chi connectivity index (χ1) is 9.20. The molecule has 0 aliphatic heterocycles. The Balaban J connectivity index is 1.81. The van der Waals surface area contributed by atoms with E-state index in [1.807, 2.05) is 6.07 Å². The molecule has 4 fully saturated rings. The van der Waals surface area contributed by atoms with E-state index in [0.717, 1.165) is 29.6 Å². The second-order valence-electron chi connectivity index (χ2n) is 7.02. The van der Waals surface area contributed by atoms with E-state index in [4.69, 9.17) is 0 Å². The quantitative estimate of drug-likeness (QED) is 0.554. The van der Waals surface area contributed by atoms with Gasteiger partial charge in [-0.25, -0.2) is 0 Å². The van der Waals surface area contributed by atoms with Crippen LogP contribution in [0.25, 0.3) is 0 Å². The zero-order chi connectivity index (χ0) is 13.0. The Morgan fingerprint density at radius 3 is 2.16 bits per heavy atom. The average molecular weight is 366 g/mol. The fourth-order valence-corrected chi connectivity index (χ4v) is 6.55. The van der Waals surface area contributed by atoms with E-state index in [2.05, 4.69) is 34.7 Å². The van der Waals surface area contributed by atoms with Gasteiger partial charge in [0.1, 0.15) is 0 Å². The van der Waals surface area contributed by atoms with Crippen LogP contribution in [0.4, 0.5) is 0 Å². The number of hydrogen-bond acceptors (Lipinski definition) is 1. The smallest absolute Gasteiger partial charge is 0.151 e. The van der Waals surface area contributed by atoms with Crippen molar-refractivity contribution in [2.45, 2.75) is 43.9 Å². The third-order valence-electron chi connectivity index (χ3n) is 5.77. The van der Waals surface area contributed by atoms with E-state index in [9.17, 15) is 4.79 Å². The minimum atomic E-state index is 0.407. The van der Waals surface area contributed by atoms with Gasteiger partial charge in [-0.05, 0) is 89.8 Å². The number of halogens is 1. The number of carbonyl (C=O) groups excluding carboxylic acids is 1. The second-order valence-corrected chi connectivity index (χ2v) is 8.10. The lowest BCUT2D eigenvalue weighted by atomic mass is 9.48. The highest BCUT2D eigenvalue weighted by atomic mass is 127. The highest BCUT2D eigenvalue weighted by Crippen LogP contribution is 2.61. The monoisotopic (exact) mass is 366 g/mol. The van der Waals surface area contributed by atoms with E-state index < -0.39 is 0 Å². The Labute approximate surface area is 128 Å². The molecule has 0 radical (unpaired) electrons. The van der Waals surface area contributed by atoms with E-state index >= 15 is 0 Å². The Kier molecular flexibility index (Phi) is 2.80. The molecule has 0 heterocycles. The minimum absolute atomic E-state index is 0.407. The van der Waals surface area contributed by atoms with E-state index in [0.29, 0.717) is 5.41 Å². The van der Waals surface area contributed by atoms with Crippen LogP contribution >= 0.6 is 22.6 Å². The molecule has 100 valence electrons. The lowest BCUT2D eigenvalue weighted by Gasteiger charge is -2.57. The molecule has 1 aromatic rings.